The van der Waals surface area contributed by atoms with Crippen LogP contribution in [0.3, 0.4) is 0 Å². The van der Waals surface area contributed by atoms with Gasteiger partial charge in [-0.3, -0.25) is 9.59 Å². The van der Waals surface area contributed by atoms with Gasteiger partial charge in [-0.05, 0) is 31.2 Å². The predicted molar refractivity (Wildman–Crippen MR) is 89.7 cm³/mol. The number of aromatic amines is 1. The Balaban J connectivity index is 1.68. The Morgan fingerprint density at radius 2 is 2.32 bits per heavy atom. The highest BCUT2D eigenvalue weighted by molar-refractivity contribution is 7.99. The average molecular weight is 338 g/mol. The van der Waals surface area contributed by atoms with Gasteiger partial charge in [0.1, 0.15) is 10.7 Å². The average Bonchev–Trinajstić information content (AvgIpc) is 3.05. The molecule has 1 aliphatic carbocycles. The summed E-state index contributed by atoms with van der Waals surface area (Å²) in [6.45, 7) is 2.42. The number of ether oxygens (including phenoxy) is 1. The minimum absolute atomic E-state index is 0.0476. The Morgan fingerprint density at radius 3 is 3.14 bits per heavy atom. The topological polar surface area (TPSA) is 72.0 Å². The number of thioether (sulfide) groups is 1. The van der Waals surface area contributed by atoms with Gasteiger partial charge in [0.15, 0.2) is 0 Å². The number of nitrogens with zero attached hydrogens (tertiary/aromatic N) is 1. The van der Waals surface area contributed by atoms with Crippen LogP contribution < -0.4 is 5.56 Å². The first-order valence-corrected chi connectivity index (χ1v) is 9.43. The second-order valence-electron chi connectivity index (χ2n) is 5.26. The van der Waals surface area contributed by atoms with Gasteiger partial charge in [0.05, 0.1) is 23.5 Å². The molecule has 0 radical (unpaired) electrons. The number of nitrogens with one attached hydrogen (secondary N) is 1. The zero-order valence-corrected chi connectivity index (χ0v) is 14.1. The standard InChI is InChI=1S/C15H18N2O3S2/c1-2-6-20-12(18)8-21-7-11-16-14(19)13-9-4-3-5-10(9)22-15(13)17-11/h2-8H2,1H3,(H,16,17,19). The molecule has 0 spiro atoms. The number of rotatable bonds is 6. The maximum Gasteiger partial charge on any atom is 0.315 e. The lowest BCUT2D eigenvalue weighted by Crippen LogP contribution is -2.12. The van der Waals surface area contributed by atoms with E-state index in [1.807, 2.05) is 6.92 Å². The summed E-state index contributed by atoms with van der Waals surface area (Å²) in [6, 6.07) is 0. The Hall–Kier alpha value is -1.34. The Morgan fingerprint density at radius 1 is 1.45 bits per heavy atom. The molecule has 0 aliphatic heterocycles. The van der Waals surface area contributed by atoms with Gasteiger partial charge < -0.3 is 9.72 Å². The molecule has 1 N–H and O–H groups in total. The quantitative estimate of drug-likeness (QED) is 0.820. The molecule has 0 fully saturated rings. The molecule has 5 nitrogen and oxygen atoms in total. The van der Waals surface area contributed by atoms with Gasteiger partial charge in [-0.15, -0.1) is 23.1 Å². The first-order valence-electron chi connectivity index (χ1n) is 7.46. The molecule has 22 heavy (non-hydrogen) atoms. The molecular weight excluding hydrogens is 320 g/mol. The minimum atomic E-state index is -0.217. The third-order valence-electron chi connectivity index (χ3n) is 3.55. The Bertz CT molecular complexity index is 751. The smallest absolute Gasteiger partial charge is 0.315 e. The molecule has 0 bridgehead atoms. The summed E-state index contributed by atoms with van der Waals surface area (Å²) < 4.78 is 5.01. The third kappa shape index (κ3) is 3.20. The lowest BCUT2D eigenvalue weighted by molar-refractivity contribution is -0.140. The minimum Gasteiger partial charge on any atom is -0.465 e. The van der Waals surface area contributed by atoms with E-state index in [1.54, 1.807) is 11.3 Å². The van der Waals surface area contributed by atoms with Gasteiger partial charge in [0.2, 0.25) is 0 Å². The summed E-state index contributed by atoms with van der Waals surface area (Å²) >= 11 is 3.04. The lowest BCUT2D eigenvalue weighted by Gasteiger charge is -2.03. The molecule has 1 aliphatic rings. The van der Waals surface area contributed by atoms with Crippen molar-refractivity contribution < 1.29 is 9.53 Å². The van der Waals surface area contributed by atoms with E-state index in [-0.39, 0.29) is 17.3 Å². The van der Waals surface area contributed by atoms with Crippen molar-refractivity contribution in [1.82, 2.24) is 9.97 Å². The number of carbonyl (C=O) groups excluding carboxylic acids is 1. The molecule has 0 aromatic carbocycles. The first-order chi connectivity index (χ1) is 10.7. The van der Waals surface area contributed by atoms with Gasteiger partial charge >= 0.3 is 5.97 Å². The third-order valence-corrected chi connectivity index (χ3v) is 5.65. The summed E-state index contributed by atoms with van der Waals surface area (Å²) in [5.41, 5.74) is 1.14. The molecule has 0 atom stereocenters. The van der Waals surface area contributed by atoms with Crippen LogP contribution in [-0.4, -0.2) is 28.3 Å². The van der Waals surface area contributed by atoms with Gasteiger partial charge in [-0.25, -0.2) is 4.98 Å². The van der Waals surface area contributed by atoms with Crippen molar-refractivity contribution in [2.75, 3.05) is 12.4 Å². The molecule has 0 unspecified atom stereocenters. The fraction of sp³-hybridized carbons (Fsp3) is 0.533. The zero-order valence-electron chi connectivity index (χ0n) is 12.4. The van der Waals surface area contributed by atoms with Crippen molar-refractivity contribution in [3.05, 3.63) is 26.6 Å². The summed E-state index contributed by atoms with van der Waals surface area (Å²) in [6.07, 6.45) is 4.00. The van der Waals surface area contributed by atoms with Gasteiger partial charge in [0, 0.05) is 4.88 Å². The number of thiophene rings is 1. The van der Waals surface area contributed by atoms with E-state index in [0.29, 0.717) is 18.2 Å². The van der Waals surface area contributed by atoms with Crippen LogP contribution in [0.15, 0.2) is 4.79 Å². The van der Waals surface area contributed by atoms with Crippen molar-refractivity contribution in [2.45, 2.75) is 38.4 Å². The van der Waals surface area contributed by atoms with E-state index in [1.165, 1.54) is 22.2 Å². The van der Waals surface area contributed by atoms with E-state index in [9.17, 15) is 9.59 Å². The highest BCUT2D eigenvalue weighted by atomic mass is 32.2. The van der Waals surface area contributed by atoms with Crippen molar-refractivity contribution in [3.8, 4) is 0 Å². The van der Waals surface area contributed by atoms with Crippen molar-refractivity contribution >= 4 is 39.3 Å². The van der Waals surface area contributed by atoms with E-state index >= 15 is 0 Å². The van der Waals surface area contributed by atoms with Crippen LogP contribution >= 0.6 is 23.1 Å². The lowest BCUT2D eigenvalue weighted by atomic mass is 10.2. The number of esters is 1. The second-order valence-corrected chi connectivity index (χ2v) is 7.33. The largest absolute Gasteiger partial charge is 0.465 e. The van der Waals surface area contributed by atoms with Crippen LogP contribution in [0.4, 0.5) is 0 Å². The van der Waals surface area contributed by atoms with Crippen LogP contribution in [0.2, 0.25) is 0 Å². The molecule has 118 valence electrons. The Labute approximate surface area is 136 Å². The molecular formula is C15H18N2O3S2. The Kier molecular flexibility index (Phi) is 4.83. The summed E-state index contributed by atoms with van der Waals surface area (Å²) in [5, 5.41) is 0.772. The molecule has 0 saturated heterocycles. The molecule has 2 aromatic rings. The van der Waals surface area contributed by atoms with Crippen LogP contribution in [0, 0.1) is 0 Å². The van der Waals surface area contributed by atoms with Gasteiger partial charge in [0.25, 0.3) is 5.56 Å². The molecule has 0 amide bonds. The molecule has 7 heteroatoms. The maximum atomic E-state index is 12.3. The van der Waals surface area contributed by atoms with Crippen molar-refractivity contribution in [3.63, 3.8) is 0 Å². The van der Waals surface area contributed by atoms with E-state index in [4.69, 9.17) is 4.74 Å². The number of hydrogen-bond donors (Lipinski definition) is 1. The number of hydrogen-bond acceptors (Lipinski definition) is 6. The van der Waals surface area contributed by atoms with Crippen LogP contribution in [-0.2, 0) is 28.1 Å². The highest BCUT2D eigenvalue weighted by Crippen LogP contribution is 2.34. The SMILES string of the molecule is CCCOC(=O)CSCc1nc2sc3c(c2c(=O)[nH]1)CCC3. The number of aryl methyl sites for hydroxylation is 2. The second kappa shape index (κ2) is 6.83. The predicted octanol–water partition coefficient (Wildman–Crippen LogP) is 2.66. The van der Waals surface area contributed by atoms with E-state index in [0.717, 1.165) is 35.9 Å². The number of fused-ring (bicyclic) bond motifs is 3. The van der Waals surface area contributed by atoms with Crippen molar-refractivity contribution in [1.29, 1.82) is 0 Å². The summed E-state index contributed by atoms with van der Waals surface area (Å²) in [4.78, 5) is 33.2. The summed E-state index contributed by atoms with van der Waals surface area (Å²) in [7, 11) is 0. The monoisotopic (exact) mass is 338 g/mol. The molecule has 3 rings (SSSR count). The van der Waals surface area contributed by atoms with E-state index in [2.05, 4.69) is 9.97 Å². The molecule has 0 saturated carbocycles. The fourth-order valence-electron chi connectivity index (χ4n) is 2.60. The van der Waals surface area contributed by atoms with Gasteiger partial charge in [-0.1, -0.05) is 6.92 Å². The molecule has 2 heterocycles. The zero-order chi connectivity index (χ0) is 15.5. The van der Waals surface area contributed by atoms with Gasteiger partial charge in [-0.2, -0.15) is 0 Å². The van der Waals surface area contributed by atoms with Crippen LogP contribution in [0.5, 0.6) is 0 Å². The highest BCUT2D eigenvalue weighted by Gasteiger charge is 2.21. The number of aromatic nitrogens is 2. The summed E-state index contributed by atoms with van der Waals surface area (Å²) in [5.74, 6) is 1.20. The molecule has 2 aromatic heterocycles. The first kappa shape index (κ1) is 15.6. The van der Waals surface area contributed by atoms with Crippen LogP contribution in [0.1, 0.15) is 36.0 Å². The van der Waals surface area contributed by atoms with E-state index < -0.39 is 0 Å². The fourth-order valence-corrected chi connectivity index (χ4v) is 4.57. The van der Waals surface area contributed by atoms with Crippen LogP contribution in [0.25, 0.3) is 10.2 Å². The maximum absolute atomic E-state index is 12.3. The van der Waals surface area contributed by atoms with Crippen molar-refractivity contribution in [2.24, 2.45) is 0 Å². The number of H-pyrrole nitrogens is 1. The number of carbonyl (C=O) groups is 1. The normalized spacial score (nSPS) is 13.5.